The molecule has 1 aliphatic carbocycles. The molecule has 0 aliphatic heterocycles. The molecule has 1 aliphatic rings. The maximum absolute atomic E-state index is 12.6. The number of aromatic amines is 2. The van der Waals surface area contributed by atoms with Gasteiger partial charge in [0.05, 0.1) is 52.5 Å². The second-order valence-electron chi connectivity index (χ2n) is 9.80. The topological polar surface area (TPSA) is 130 Å². The SMILES string of the molecule is Cc1cn(-c2cccc3[nH]c(-c4n[nH]c5cnc(-c6cncc(NC(=O)C7CCCC7)c6)cc45)nc23)cn1. The van der Waals surface area contributed by atoms with Crippen molar-refractivity contribution in [2.45, 2.75) is 32.6 Å². The summed E-state index contributed by atoms with van der Waals surface area (Å²) in [7, 11) is 0. The number of pyridine rings is 2. The van der Waals surface area contributed by atoms with E-state index >= 15 is 0 Å². The van der Waals surface area contributed by atoms with Gasteiger partial charge in [-0.25, -0.2) is 9.97 Å². The summed E-state index contributed by atoms with van der Waals surface area (Å²) in [5.41, 5.74) is 7.33. The van der Waals surface area contributed by atoms with Crippen molar-refractivity contribution in [3.05, 3.63) is 67.1 Å². The van der Waals surface area contributed by atoms with Crippen molar-refractivity contribution in [3.63, 3.8) is 0 Å². The Balaban J connectivity index is 1.24. The Labute approximate surface area is 217 Å². The van der Waals surface area contributed by atoms with E-state index in [-0.39, 0.29) is 11.8 Å². The molecule has 0 unspecified atom stereocenters. The highest BCUT2D eigenvalue weighted by molar-refractivity contribution is 5.96. The molecule has 5 heterocycles. The summed E-state index contributed by atoms with van der Waals surface area (Å²) in [6, 6.07) is 9.89. The van der Waals surface area contributed by atoms with E-state index in [1.807, 2.05) is 48.0 Å². The van der Waals surface area contributed by atoms with Crippen LogP contribution in [0.15, 0.2) is 61.4 Å². The summed E-state index contributed by atoms with van der Waals surface area (Å²) in [6.45, 7) is 1.96. The third-order valence-corrected chi connectivity index (χ3v) is 7.18. The molecule has 1 aromatic carbocycles. The highest BCUT2D eigenvalue weighted by Gasteiger charge is 2.23. The third-order valence-electron chi connectivity index (χ3n) is 7.18. The minimum Gasteiger partial charge on any atom is -0.336 e. The summed E-state index contributed by atoms with van der Waals surface area (Å²) < 4.78 is 1.97. The fraction of sp³-hybridized carbons (Fsp3) is 0.214. The number of H-pyrrole nitrogens is 2. The number of hydrogen-bond acceptors (Lipinski definition) is 6. The third kappa shape index (κ3) is 3.90. The van der Waals surface area contributed by atoms with Crippen LogP contribution in [0.4, 0.5) is 5.69 Å². The highest BCUT2D eigenvalue weighted by atomic mass is 16.1. The Morgan fingerprint density at radius 1 is 1.08 bits per heavy atom. The molecule has 1 saturated carbocycles. The molecule has 0 spiro atoms. The molecule has 188 valence electrons. The van der Waals surface area contributed by atoms with Gasteiger partial charge in [-0.2, -0.15) is 5.10 Å². The first-order chi connectivity index (χ1) is 18.6. The van der Waals surface area contributed by atoms with Crippen molar-refractivity contribution < 1.29 is 4.79 Å². The molecule has 0 saturated heterocycles. The Bertz CT molecular complexity index is 1810. The van der Waals surface area contributed by atoms with Crippen molar-refractivity contribution in [1.29, 1.82) is 0 Å². The maximum Gasteiger partial charge on any atom is 0.227 e. The molecule has 1 fully saturated rings. The zero-order valence-corrected chi connectivity index (χ0v) is 20.8. The number of nitrogens with zero attached hydrogens (tertiary/aromatic N) is 6. The Kier molecular flexibility index (Phi) is 5.24. The van der Waals surface area contributed by atoms with Gasteiger partial charge in [0, 0.05) is 29.3 Å². The van der Waals surface area contributed by atoms with Crippen molar-refractivity contribution in [3.8, 4) is 28.5 Å². The first kappa shape index (κ1) is 22.3. The van der Waals surface area contributed by atoms with Gasteiger partial charge in [-0.1, -0.05) is 18.9 Å². The number of carbonyl (C=O) groups excluding carboxylic acids is 1. The van der Waals surface area contributed by atoms with E-state index in [2.05, 4.69) is 35.5 Å². The fourth-order valence-electron chi connectivity index (χ4n) is 5.23. The van der Waals surface area contributed by atoms with Gasteiger partial charge in [0.2, 0.25) is 5.91 Å². The van der Waals surface area contributed by atoms with Gasteiger partial charge >= 0.3 is 0 Å². The zero-order valence-electron chi connectivity index (χ0n) is 20.8. The highest BCUT2D eigenvalue weighted by Crippen LogP contribution is 2.31. The standard InChI is InChI=1S/C28H25N9O/c1-16-14-37(15-31-16)24-8-4-7-21-26(24)34-27(33-21)25-20-10-22(30-13-23(20)35-36-25)18-9-19(12-29-11-18)32-28(38)17-5-2-3-6-17/h4,7-15,17H,2-3,5-6H2,1H3,(H,32,38)(H,33,34)(H,35,36). The summed E-state index contributed by atoms with van der Waals surface area (Å²) in [5, 5.41) is 11.5. The molecule has 1 amide bonds. The van der Waals surface area contributed by atoms with Crippen molar-refractivity contribution in [2.75, 3.05) is 5.32 Å². The van der Waals surface area contributed by atoms with Gasteiger partial charge in [-0.3, -0.25) is 19.9 Å². The van der Waals surface area contributed by atoms with E-state index < -0.39 is 0 Å². The fourth-order valence-corrected chi connectivity index (χ4v) is 5.23. The van der Waals surface area contributed by atoms with Gasteiger partial charge < -0.3 is 14.9 Å². The predicted molar refractivity (Wildman–Crippen MR) is 145 cm³/mol. The molecule has 7 rings (SSSR count). The lowest BCUT2D eigenvalue weighted by molar-refractivity contribution is -0.119. The molecule has 10 nitrogen and oxygen atoms in total. The van der Waals surface area contributed by atoms with Gasteiger partial charge in [0.15, 0.2) is 5.82 Å². The quantitative estimate of drug-likeness (QED) is 0.297. The summed E-state index contributed by atoms with van der Waals surface area (Å²) in [6.07, 6.45) is 13.1. The Morgan fingerprint density at radius 3 is 2.82 bits per heavy atom. The average molecular weight is 504 g/mol. The summed E-state index contributed by atoms with van der Waals surface area (Å²) >= 11 is 0. The second kappa shape index (κ2) is 8.91. The number of amides is 1. The number of anilines is 1. The molecule has 6 aromatic rings. The van der Waals surface area contributed by atoms with Crippen LogP contribution in [0.3, 0.4) is 0 Å². The average Bonchev–Trinajstić information content (AvgIpc) is 3.74. The normalized spacial score (nSPS) is 14.0. The number of fused-ring (bicyclic) bond motifs is 2. The van der Waals surface area contributed by atoms with E-state index in [0.717, 1.165) is 70.3 Å². The molecular weight excluding hydrogens is 478 g/mol. The lowest BCUT2D eigenvalue weighted by Crippen LogP contribution is -2.20. The number of rotatable bonds is 5. The molecule has 38 heavy (non-hydrogen) atoms. The summed E-state index contributed by atoms with van der Waals surface area (Å²) in [4.78, 5) is 34.3. The van der Waals surface area contributed by atoms with Crippen LogP contribution in [-0.4, -0.2) is 45.6 Å². The number of para-hydroxylation sites is 1. The van der Waals surface area contributed by atoms with Crippen LogP contribution in [-0.2, 0) is 4.79 Å². The lowest BCUT2D eigenvalue weighted by Gasteiger charge is -2.11. The monoisotopic (exact) mass is 503 g/mol. The number of imidazole rings is 2. The van der Waals surface area contributed by atoms with Crippen LogP contribution in [0.2, 0.25) is 0 Å². The minimum atomic E-state index is 0.0668. The second-order valence-corrected chi connectivity index (χ2v) is 9.80. The predicted octanol–water partition coefficient (Wildman–Crippen LogP) is 5.19. The molecular formula is C28H25N9O. The number of aryl methyl sites for hydroxylation is 1. The van der Waals surface area contributed by atoms with Crippen LogP contribution in [0.25, 0.3) is 50.4 Å². The number of carbonyl (C=O) groups is 1. The smallest absolute Gasteiger partial charge is 0.227 e. The molecule has 0 atom stereocenters. The van der Waals surface area contributed by atoms with Crippen LogP contribution in [0.5, 0.6) is 0 Å². The van der Waals surface area contributed by atoms with Crippen molar-refractivity contribution in [1.82, 2.24) is 39.7 Å². The van der Waals surface area contributed by atoms with Gasteiger partial charge in [-0.15, -0.1) is 0 Å². The first-order valence-electron chi connectivity index (χ1n) is 12.7. The summed E-state index contributed by atoms with van der Waals surface area (Å²) in [5.74, 6) is 0.809. The van der Waals surface area contributed by atoms with E-state index in [4.69, 9.17) is 4.98 Å². The molecule has 0 bridgehead atoms. The lowest BCUT2D eigenvalue weighted by atomic mass is 10.1. The maximum atomic E-state index is 12.6. The molecule has 3 N–H and O–H groups in total. The van der Waals surface area contributed by atoms with Crippen LogP contribution >= 0.6 is 0 Å². The molecule has 5 aromatic heterocycles. The van der Waals surface area contributed by atoms with E-state index in [1.54, 1.807) is 24.9 Å². The Hall–Kier alpha value is -4.86. The van der Waals surface area contributed by atoms with Crippen LogP contribution < -0.4 is 5.32 Å². The number of benzene rings is 1. The van der Waals surface area contributed by atoms with Crippen LogP contribution in [0, 0.1) is 12.8 Å². The van der Waals surface area contributed by atoms with Gasteiger partial charge in [0.25, 0.3) is 0 Å². The number of hydrogen-bond donors (Lipinski definition) is 3. The van der Waals surface area contributed by atoms with Gasteiger partial charge in [0.1, 0.15) is 11.2 Å². The number of aromatic nitrogens is 8. The van der Waals surface area contributed by atoms with E-state index in [9.17, 15) is 4.79 Å². The van der Waals surface area contributed by atoms with Crippen LogP contribution in [0.1, 0.15) is 31.4 Å². The largest absolute Gasteiger partial charge is 0.336 e. The van der Waals surface area contributed by atoms with Gasteiger partial charge in [-0.05, 0) is 44.0 Å². The number of nitrogens with one attached hydrogen (secondary N) is 3. The molecule has 0 radical (unpaired) electrons. The van der Waals surface area contributed by atoms with Crippen molar-refractivity contribution in [2.24, 2.45) is 5.92 Å². The zero-order chi connectivity index (χ0) is 25.6. The first-order valence-corrected chi connectivity index (χ1v) is 12.7. The Morgan fingerprint density at radius 2 is 1.97 bits per heavy atom. The van der Waals surface area contributed by atoms with Crippen molar-refractivity contribution >= 4 is 33.5 Å². The minimum absolute atomic E-state index is 0.0668. The van der Waals surface area contributed by atoms with E-state index in [1.165, 1.54) is 0 Å². The van der Waals surface area contributed by atoms with E-state index in [0.29, 0.717) is 17.2 Å². The molecule has 10 heteroatoms.